The monoisotopic (exact) mass is 394 g/mol. The standard InChI is InChI=1S/C20H22N6O3/c27-12-11-25(9-10-26-13-19(23-24-26)14-29-16-28)20-5-2-17(3-6-20)1-4-18-7-8-21-15-22-18/h1-8,13,15-16,27H,9-12,14H2/b4-1+. The van der Waals surface area contributed by atoms with Crippen molar-refractivity contribution in [2.24, 2.45) is 0 Å². The topological polar surface area (TPSA) is 106 Å². The molecule has 0 radical (unpaired) electrons. The van der Waals surface area contributed by atoms with E-state index >= 15 is 0 Å². The molecule has 2 heterocycles. The first-order valence-corrected chi connectivity index (χ1v) is 9.12. The SMILES string of the molecule is O=COCc1cn(CCN(CCO)c2ccc(/C=C/c3ccncn3)cc2)nn1. The van der Waals surface area contributed by atoms with E-state index in [-0.39, 0.29) is 13.2 Å². The van der Waals surface area contributed by atoms with Gasteiger partial charge in [0.15, 0.2) is 0 Å². The van der Waals surface area contributed by atoms with Crippen LogP contribution in [-0.2, 0) is 22.7 Å². The molecule has 0 aliphatic rings. The molecule has 0 bridgehead atoms. The first-order valence-electron chi connectivity index (χ1n) is 9.12. The van der Waals surface area contributed by atoms with Crippen LogP contribution in [0.3, 0.4) is 0 Å². The lowest BCUT2D eigenvalue weighted by molar-refractivity contribution is -0.129. The number of nitrogens with zero attached hydrogens (tertiary/aromatic N) is 6. The maximum Gasteiger partial charge on any atom is 0.293 e. The first-order chi connectivity index (χ1) is 14.3. The van der Waals surface area contributed by atoms with E-state index in [1.807, 2.05) is 42.5 Å². The van der Waals surface area contributed by atoms with Crippen LogP contribution in [0.2, 0.25) is 0 Å². The first kappa shape index (κ1) is 20.2. The van der Waals surface area contributed by atoms with Crippen molar-refractivity contribution < 1.29 is 14.6 Å². The number of aliphatic hydroxyl groups is 1. The predicted octanol–water partition coefficient (Wildman–Crippen LogP) is 1.41. The summed E-state index contributed by atoms with van der Waals surface area (Å²) in [7, 11) is 0. The molecule has 0 atom stereocenters. The normalized spacial score (nSPS) is 10.9. The fraction of sp³-hybridized carbons (Fsp3) is 0.250. The Morgan fingerprint density at radius 2 is 2.00 bits per heavy atom. The number of carbonyl (C=O) groups excluding carboxylic acids is 1. The number of ether oxygens (including phenoxy) is 1. The summed E-state index contributed by atoms with van der Waals surface area (Å²) in [4.78, 5) is 20.4. The van der Waals surface area contributed by atoms with Crippen LogP contribution in [0.5, 0.6) is 0 Å². The number of carbonyl (C=O) groups is 1. The highest BCUT2D eigenvalue weighted by atomic mass is 16.5. The van der Waals surface area contributed by atoms with Gasteiger partial charge in [0.05, 0.1) is 25.0 Å². The molecule has 0 saturated heterocycles. The molecule has 3 rings (SSSR count). The zero-order valence-electron chi connectivity index (χ0n) is 15.8. The summed E-state index contributed by atoms with van der Waals surface area (Å²) in [6.07, 6.45) is 8.88. The van der Waals surface area contributed by atoms with Gasteiger partial charge in [0, 0.05) is 25.0 Å². The van der Waals surface area contributed by atoms with Crippen LogP contribution < -0.4 is 4.90 Å². The Labute approximate surface area is 168 Å². The van der Waals surface area contributed by atoms with E-state index in [9.17, 15) is 9.90 Å². The van der Waals surface area contributed by atoms with Gasteiger partial charge in [-0.2, -0.15) is 0 Å². The van der Waals surface area contributed by atoms with Gasteiger partial charge in [-0.1, -0.05) is 23.4 Å². The van der Waals surface area contributed by atoms with Crippen molar-refractivity contribution in [2.45, 2.75) is 13.2 Å². The Bertz CT molecular complexity index is 911. The number of hydrogen-bond donors (Lipinski definition) is 1. The molecule has 0 unspecified atom stereocenters. The summed E-state index contributed by atoms with van der Waals surface area (Å²) in [6, 6.07) is 9.90. The minimum atomic E-state index is 0.0468. The number of aromatic nitrogens is 5. The largest absolute Gasteiger partial charge is 0.461 e. The molecule has 0 spiro atoms. The smallest absolute Gasteiger partial charge is 0.293 e. The van der Waals surface area contributed by atoms with Crippen LogP contribution in [-0.4, -0.2) is 56.2 Å². The quantitative estimate of drug-likeness (QED) is 0.487. The Hall–Kier alpha value is -3.59. The molecule has 29 heavy (non-hydrogen) atoms. The molecule has 9 heteroatoms. The maximum absolute atomic E-state index is 10.2. The molecule has 0 saturated carbocycles. The van der Waals surface area contributed by atoms with Crippen LogP contribution in [0.1, 0.15) is 17.0 Å². The summed E-state index contributed by atoms with van der Waals surface area (Å²) in [5.74, 6) is 0. The highest BCUT2D eigenvalue weighted by molar-refractivity contribution is 5.68. The van der Waals surface area contributed by atoms with Crippen molar-refractivity contribution in [1.29, 1.82) is 0 Å². The molecule has 0 fully saturated rings. The van der Waals surface area contributed by atoms with E-state index < -0.39 is 0 Å². The van der Waals surface area contributed by atoms with Gasteiger partial charge in [0.2, 0.25) is 0 Å². The lowest BCUT2D eigenvalue weighted by Crippen LogP contribution is -2.30. The van der Waals surface area contributed by atoms with Crippen molar-refractivity contribution in [2.75, 3.05) is 24.6 Å². The molecule has 0 aliphatic carbocycles. The number of rotatable bonds is 11. The number of benzene rings is 1. The zero-order chi connectivity index (χ0) is 20.3. The van der Waals surface area contributed by atoms with E-state index in [1.54, 1.807) is 17.1 Å². The Balaban J connectivity index is 1.60. The number of aliphatic hydroxyl groups excluding tert-OH is 1. The molecule has 1 N–H and O–H groups in total. The van der Waals surface area contributed by atoms with E-state index in [0.29, 0.717) is 31.8 Å². The van der Waals surface area contributed by atoms with Crippen molar-refractivity contribution in [1.82, 2.24) is 25.0 Å². The van der Waals surface area contributed by atoms with Gasteiger partial charge >= 0.3 is 0 Å². The van der Waals surface area contributed by atoms with Gasteiger partial charge in [-0.3, -0.25) is 9.48 Å². The molecule has 1 aromatic carbocycles. The highest BCUT2D eigenvalue weighted by Crippen LogP contribution is 2.17. The van der Waals surface area contributed by atoms with Gasteiger partial charge in [0.25, 0.3) is 6.47 Å². The zero-order valence-corrected chi connectivity index (χ0v) is 15.8. The molecular weight excluding hydrogens is 372 g/mol. The highest BCUT2D eigenvalue weighted by Gasteiger charge is 2.08. The van der Waals surface area contributed by atoms with Crippen LogP contribution in [0.4, 0.5) is 5.69 Å². The van der Waals surface area contributed by atoms with Crippen LogP contribution >= 0.6 is 0 Å². The number of hydrogen-bond acceptors (Lipinski definition) is 8. The van der Waals surface area contributed by atoms with Crippen LogP contribution in [0, 0.1) is 0 Å². The lowest BCUT2D eigenvalue weighted by atomic mass is 10.1. The number of anilines is 1. The minimum Gasteiger partial charge on any atom is -0.461 e. The summed E-state index contributed by atoms with van der Waals surface area (Å²) in [5, 5.41) is 17.4. The van der Waals surface area contributed by atoms with Crippen molar-refractivity contribution >= 4 is 24.3 Å². The predicted molar refractivity (Wildman–Crippen MR) is 108 cm³/mol. The average molecular weight is 394 g/mol. The van der Waals surface area contributed by atoms with Crippen LogP contribution in [0.25, 0.3) is 12.2 Å². The molecule has 0 aliphatic heterocycles. The molecule has 0 amide bonds. The Morgan fingerprint density at radius 3 is 2.72 bits per heavy atom. The summed E-state index contributed by atoms with van der Waals surface area (Å²) in [6.45, 7) is 2.27. The Kier molecular flexibility index (Phi) is 7.41. The molecule has 150 valence electrons. The maximum atomic E-state index is 10.2. The van der Waals surface area contributed by atoms with Gasteiger partial charge in [-0.15, -0.1) is 5.10 Å². The van der Waals surface area contributed by atoms with Gasteiger partial charge in [-0.25, -0.2) is 9.97 Å². The van der Waals surface area contributed by atoms with E-state index in [0.717, 1.165) is 16.9 Å². The second kappa shape index (κ2) is 10.7. The summed E-state index contributed by atoms with van der Waals surface area (Å²) in [5.41, 5.74) is 3.48. The fourth-order valence-corrected chi connectivity index (χ4v) is 2.72. The van der Waals surface area contributed by atoms with Gasteiger partial charge < -0.3 is 14.7 Å². The van der Waals surface area contributed by atoms with Crippen molar-refractivity contribution in [3.8, 4) is 0 Å². The third-order valence-corrected chi connectivity index (χ3v) is 4.16. The molecule has 2 aromatic heterocycles. The van der Waals surface area contributed by atoms with E-state index in [2.05, 4.69) is 29.9 Å². The van der Waals surface area contributed by atoms with E-state index in [1.165, 1.54) is 6.33 Å². The second-order valence-electron chi connectivity index (χ2n) is 6.15. The molecule has 9 nitrogen and oxygen atoms in total. The Morgan fingerprint density at radius 1 is 1.14 bits per heavy atom. The van der Waals surface area contributed by atoms with Crippen molar-refractivity contribution in [3.63, 3.8) is 0 Å². The minimum absolute atomic E-state index is 0.0468. The van der Waals surface area contributed by atoms with Gasteiger partial charge in [0.1, 0.15) is 18.6 Å². The van der Waals surface area contributed by atoms with Crippen molar-refractivity contribution in [3.05, 3.63) is 66.0 Å². The molecular formula is C20H22N6O3. The van der Waals surface area contributed by atoms with Gasteiger partial charge in [-0.05, 0) is 29.8 Å². The third kappa shape index (κ3) is 6.22. The van der Waals surface area contributed by atoms with E-state index in [4.69, 9.17) is 0 Å². The second-order valence-corrected chi connectivity index (χ2v) is 6.15. The average Bonchev–Trinajstić information content (AvgIpc) is 3.22. The summed E-state index contributed by atoms with van der Waals surface area (Å²) < 4.78 is 6.36. The lowest BCUT2D eigenvalue weighted by Gasteiger charge is -2.24. The fourth-order valence-electron chi connectivity index (χ4n) is 2.72. The molecule has 3 aromatic rings. The summed E-state index contributed by atoms with van der Waals surface area (Å²) >= 11 is 0. The third-order valence-electron chi connectivity index (χ3n) is 4.16. The van der Waals surface area contributed by atoms with Crippen LogP contribution in [0.15, 0.2) is 49.1 Å².